The lowest BCUT2D eigenvalue weighted by Gasteiger charge is -2.07. The summed E-state index contributed by atoms with van der Waals surface area (Å²) in [5.41, 5.74) is 2.36. The van der Waals surface area contributed by atoms with E-state index in [2.05, 4.69) is 22.0 Å². The van der Waals surface area contributed by atoms with Gasteiger partial charge in [0.1, 0.15) is 0 Å². The van der Waals surface area contributed by atoms with Crippen LogP contribution in [0.25, 0.3) is 0 Å². The maximum atomic E-state index is 5.92. The second-order valence-corrected chi connectivity index (χ2v) is 4.90. The number of hydrogen-bond donors (Lipinski definition) is 0. The van der Waals surface area contributed by atoms with Crippen molar-refractivity contribution in [3.05, 3.63) is 59.0 Å². The Balaban J connectivity index is 2.09. The number of alkyl halides is 1. The highest BCUT2D eigenvalue weighted by atomic mass is 79.9. The predicted octanol–water partition coefficient (Wildman–Crippen LogP) is 4.61. The summed E-state index contributed by atoms with van der Waals surface area (Å²) in [5, 5.41) is 0.777. The van der Waals surface area contributed by atoms with Gasteiger partial charge < -0.3 is 4.42 Å². The van der Waals surface area contributed by atoms with Gasteiger partial charge in [0, 0.05) is 15.4 Å². The van der Waals surface area contributed by atoms with Crippen molar-refractivity contribution in [3.8, 4) is 0 Å². The number of halogens is 2. The van der Waals surface area contributed by atoms with Gasteiger partial charge >= 0.3 is 0 Å². The first kappa shape index (κ1) is 10.8. The highest BCUT2D eigenvalue weighted by Gasteiger charge is 2.09. The third-order valence-corrected chi connectivity index (χ3v) is 3.30. The smallest absolute Gasteiger partial charge is 0.0946 e. The van der Waals surface area contributed by atoms with Crippen LogP contribution in [0.5, 0.6) is 0 Å². The molecule has 78 valence electrons. The molecule has 0 fully saturated rings. The Morgan fingerprint density at radius 2 is 2.20 bits per heavy atom. The number of furan rings is 1. The Bertz CT molecular complexity index is 425. The van der Waals surface area contributed by atoms with E-state index < -0.39 is 0 Å². The first-order chi connectivity index (χ1) is 7.25. The van der Waals surface area contributed by atoms with Crippen LogP contribution >= 0.6 is 27.5 Å². The molecule has 3 heteroatoms. The molecule has 0 aliphatic heterocycles. The zero-order valence-corrected chi connectivity index (χ0v) is 10.3. The topological polar surface area (TPSA) is 13.1 Å². The molecule has 15 heavy (non-hydrogen) atoms. The van der Waals surface area contributed by atoms with E-state index in [1.165, 1.54) is 5.56 Å². The largest absolute Gasteiger partial charge is 0.472 e. The van der Waals surface area contributed by atoms with Crippen molar-refractivity contribution in [2.75, 3.05) is 0 Å². The van der Waals surface area contributed by atoms with Gasteiger partial charge in [0.15, 0.2) is 0 Å². The van der Waals surface area contributed by atoms with E-state index in [-0.39, 0.29) is 4.83 Å². The van der Waals surface area contributed by atoms with Gasteiger partial charge in [-0.3, -0.25) is 0 Å². The first-order valence-corrected chi connectivity index (χ1v) is 5.95. The molecule has 0 amide bonds. The molecule has 0 aliphatic carbocycles. The van der Waals surface area contributed by atoms with Gasteiger partial charge in [0.2, 0.25) is 0 Å². The third-order valence-electron chi connectivity index (χ3n) is 2.21. The Labute approximate surface area is 102 Å². The molecule has 0 N–H and O–H groups in total. The van der Waals surface area contributed by atoms with Crippen molar-refractivity contribution in [2.24, 2.45) is 0 Å². The Kier molecular flexibility index (Phi) is 3.49. The quantitative estimate of drug-likeness (QED) is 0.751. The van der Waals surface area contributed by atoms with Crippen molar-refractivity contribution in [2.45, 2.75) is 11.2 Å². The van der Waals surface area contributed by atoms with E-state index in [1.54, 1.807) is 12.5 Å². The third kappa shape index (κ3) is 2.86. The summed E-state index contributed by atoms with van der Waals surface area (Å²) in [6.45, 7) is 0. The molecule has 0 saturated carbocycles. The van der Waals surface area contributed by atoms with Gasteiger partial charge in [-0.15, -0.1) is 0 Å². The Morgan fingerprint density at radius 3 is 2.87 bits per heavy atom. The van der Waals surface area contributed by atoms with Gasteiger partial charge in [-0.05, 0) is 30.2 Å². The molecule has 1 aromatic heterocycles. The van der Waals surface area contributed by atoms with E-state index in [0.29, 0.717) is 0 Å². The standard InChI is InChI=1S/C12H10BrClO/c13-12(10-4-5-15-8-10)7-9-2-1-3-11(14)6-9/h1-6,8,12H,7H2. The molecular weight excluding hydrogens is 275 g/mol. The zero-order valence-electron chi connectivity index (χ0n) is 7.99. The second-order valence-electron chi connectivity index (χ2n) is 3.36. The van der Waals surface area contributed by atoms with E-state index in [1.807, 2.05) is 24.3 Å². The van der Waals surface area contributed by atoms with Crippen LogP contribution < -0.4 is 0 Å². The first-order valence-electron chi connectivity index (χ1n) is 4.66. The maximum Gasteiger partial charge on any atom is 0.0946 e. The molecule has 0 spiro atoms. The second kappa shape index (κ2) is 4.86. The lowest BCUT2D eigenvalue weighted by Crippen LogP contribution is -1.93. The SMILES string of the molecule is Clc1cccc(CC(Br)c2ccoc2)c1. The fraction of sp³-hybridized carbons (Fsp3) is 0.167. The predicted molar refractivity (Wildman–Crippen MR) is 65.5 cm³/mol. The number of hydrogen-bond acceptors (Lipinski definition) is 1. The molecule has 0 radical (unpaired) electrons. The summed E-state index contributed by atoms with van der Waals surface area (Å²) >= 11 is 9.54. The summed E-state index contributed by atoms with van der Waals surface area (Å²) in [6, 6.07) is 9.86. The van der Waals surface area contributed by atoms with Gasteiger partial charge in [-0.25, -0.2) is 0 Å². The average Bonchev–Trinajstić information content (AvgIpc) is 2.70. The summed E-state index contributed by atoms with van der Waals surface area (Å²) in [6.07, 6.45) is 4.34. The highest BCUT2D eigenvalue weighted by molar-refractivity contribution is 9.09. The minimum Gasteiger partial charge on any atom is -0.472 e. The van der Waals surface area contributed by atoms with Crippen LogP contribution in [-0.2, 0) is 6.42 Å². The molecule has 0 bridgehead atoms. The summed E-state index contributed by atoms with van der Waals surface area (Å²) in [4.78, 5) is 0.273. The average molecular weight is 286 g/mol. The molecule has 1 heterocycles. The molecule has 2 aromatic rings. The molecule has 1 aromatic carbocycles. The number of rotatable bonds is 3. The fourth-order valence-electron chi connectivity index (χ4n) is 1.44. The normalized spacial score (nSPS) is 12.7. The van der Waals surface area contributed by atoms with Crippen molar-refractivity contribution >= 4 is 27.5 Å². The lowest BCUT2D eigenvalue weighted by atomic mass is 10.1. The molecule has 1 atom stereocenters. The van der Waals surface area contributed by atoms with Crippen LogP contribution in [0.15, 0.2) is 47.3 Å². The lowest BCUT2D eigenvalue weighted by molar-refractivity contribution is 0.563. The van der Waals surface area contributed by atoms with Crippen LogP contribution in [0.2, 0.25) is 5.02 Å². The summed E-state index contributed by atoms with van der Waals surface area (Å²) in [7, 11) is 0. The molecule has 0 saturated heterocycles. The monoisotopic (exact) mass is 284 g/mol. The summed E-state index contributed by atoms with van der Waals surface area (Å²) in [5.74, 6) is 0. The number of benzene rings is 1. The van der Waals surface area contributed by atoms with Crippen LogP contribution in [0.3, 0.4) is 0 Å². The maximum absolute atomic E-state index is 5.92. The van der Waals surface area contributed by atoms with Gasteiger partial charge in [0.25, 0.3) is 0 Å². The van der Waals surface area contributed by atoms with E-state index in [4.69, 9.17) is 16.0 Å². The van der Waals surface area contributed by atoms with Crippen LogP contribution in [0, 0.1) is 0 Å². The fourth-order valence-corrected chi connectivity index (χ4v) is 2.29. The Morgan fingerprint density at radius 1 is 1.33 bits per heavy atom. The van der Waals surface area contributed by atoms with E-state index >= 15 is 0 Å². The minimum absolute atomic E-state index is 0.273. The molecule has 2 rings (SSSR count). The minimum atomic E-state index is 0.273. The van der Waals surface area contributed by atoms with E-state index in [9.17, 15) is 0 Å². The van der Waals surface area contributed by atoms with Gasteiger partial charge in [-0.2, -0.15) is 0 Å². The van der Waals surface area contributed by atoms with Crippen molar-refractivity contribution in [1.29, 1.82) is 0 Å². The molecule has 0 aliphatic rings. The van der Waals surface area contributed by atoms with E-state index in [0.717, 1.165) is 17.0 Å². The van der Waals surface area contributed by atoms with Crippen molar-refractivity contribution in [1.82, 2.24) is 0 Å². The van der Waals surface area contributed by atoms with Crippen molar-refractivity contribution < 1.29 is 4.42 Å². The molecule has 1 nitrogen and oxygen atoms in total. The highest BCUT2D eigenvalue weighted by Crippen LogP contribution is 2.27. The van der Waals surface area contributed by atoms with Crippen LogP contribution in [0.1, 0.15) is 16.0 Å². The Hall–Kier alpha value is -0.730. The zero-order chi connectivity index (χ0) is 10.7. The van der Waals surface area contributed by atoms with Gasteiger partial charge in [-0.1, -0.05) is 39.7 Å². The molecular formula is C12H10BrClO. The summed E-state index contributed by atoms with van der Waals surface area (Å²) < 4.78 is 5.04. The van der Waals surface area contributed by atoms with Crippen LogP contribution in [0.4, 0.5) is 0 Å². The van der Waals surface area contributed by atoms with Crippen LogP contribution in [-0.4, -0.2) is 0 Å². The molecule has 1 unspecified atom stereocenters. The van der Waals surface area contributed by atoms with Crippen molar-refractivity contribution in [3.63, 3.8) is 0 Å². The van der Waals surface area contributed by atoms with Gasteiger partial charge in [0.05, 0.1) is 12.5 Å².